The van der Waals surface area contributed by atoms with E-state index in [1.165, 1.54) is 11.8 Å². The Morgan fingerprint density at radius 3 is 2.76 bits per heavy atom. The van der Waals surface area contributed by atoms with Crippen LogP contribution >= 0.6 is 11.8 Å². The quantitative estimate of drug-likeness (QED) is 0.200. The molecule has 0 saturated heterocycles. The summed E-state index contributed by atoms with van der Waals surface area (Å²) in [7, 11) is 1.78. The summed E-state index contributed by atoms with van der Waals surface area (Å²) in [5.41, 5.74) is 2.10. The van der Waals surface area contributed by atoms with Gasteiger partial charge in [0.05, 0.1) is 11.4 Å². The number of fused-ring (bicyclic) bond motifs is 2. The van der Waals surface area contributed by atoms with Crippen molar-refractivity contribution in [3.63, 3.8) is 0 Å². The van der Waals surface area contributed by atoms with E-state index in [4.69, 9.17) is 19.0 Å². The zero-order valence-electron chi connectivity index (χ0n) is 17.9. The van der Waals surface area contributed by atoms with Crippen LogP contribution in [0.1, 0.15) is 12.5 Å². The van der Waals surface area contributed by atoms with Crippen LogP contribution in [0.2, 0.25) is 0 Å². The van der Waals surface area contributed by atoms with Crippen molar-refractivity contribution in [2.45, 2.75) is 11.8 Å². The monoisotopic (exact) mass is 465 g/mol. The Labute approximate surface area is 194 Å². The highest BCUT2D eigenvalue weighted by atomic mass is 32.2. The van der Waals surface area contributed by atoms with Crippen molar-refractivity contribution < 1.29 is 28.6 Å². The van der Waals surface area contributed by atoms with Crippen LogP contribution in [0.15, 0.2) is 63.1 Å². The number of nitrogens with zero attached hydrogens (tertiary/aromatic N) is 3. The second-order valence-corrected chi connectivity index (χ2v) is 8.05. The summed E-state index contributed by atoms with van der Waals surface area (Å²) in [5.74, 6) is -0.105. The summed E-state index contributed by atoms with van der Waals surface area (Å²) >= 11 is 1.32. The first-order valence-electron chi connectivity index (χ1n) is 9.88. The van der Waals surface area contributed by atoms with E-state index in [2.05, 4.69) is 5.16 Å². The Kier molecular flexibility index (Phi) is 6.51. The molecule has 0 amide bonds. The smallest absolute Gasteiger partial charge is 0.347 e. The molecule has 2 aromatic carbocycles. The summed E-state index contributed by atoms with van der Waals surface area (Å²) in [4.78, 5) is 32.3. The molecule has 2 aliphatic rings. The molecule has 2 heterocycles. The number of oxime groups is 1. The van der Waals surface area contributed by atoms with Crippen molar-refractivity contribution in [1.82, 2.24) is 0 Å². The maximum Gasteiger partial charge on any atom is 0.347 e. The van der Waals surface area contributed by atoms with E-state index in [9.17, 15) is 14.9 Å². The molecule has 0 N–H and O–H groups in total. The second kappa shape index (κ2) is 9.67. The van der Waals surface area contributed by atoms with Crippen LogP contribution in [0, 0.1) is 11.3 Å². The molecule has 0 saturated carbocycles. The molecule has 4 rings (SSSR count). The summed E-state index contributed by atoms with van der Waals surface area (Å²) in [6, 6.07) is 14.8. The molecule has 0 spiro atoms. The van der Waals surface area contributed by atoms with E-state index in [1.807, 2.05) is 30.3 Å². The van der Waals surface area contributed by atoms with Crippen LogP contribution < -0.4 is 14.4 Å². The Morgan fingerprint density at radius 1 is 1.18 bits per heavy atom. The van der Waals surface area contributed by atoms with Crippen molar-refractivity contribution in [3.05, 3.63) is 58.6 Å². The van der Waals surface area contributed by atoms with Crippen LogP contribution in [0.4, 0.5) is 5.69 Å². The average Bonchev–Trinajstić information content (AvgIpc) is 3.42. The maximum absolute atomic E-state index is 12.5. The standard InChI is InChI=1S/C23H19N3O6S/c1-14(15-7-8-19-20(9-15)31-13-30-19)25-32-12-22(28)29-11-18(27)16(10-24)23-26(2)17-5-3-4-6-21(17)33-23/h3-9H,11-13H2,1-2H3. The highest BCUT2D eigenvalue weighted by Gasteiger charge is 2.28. The number of esters is 1. The Morgan fingerprint density at radius 2 is 1.97 bits per heavy atom. The molecule has 0 radical (unpaired) electrons. The third-order valence-corrected chi connectivity index (χ3v) is 6.12. The van der Waals surface area contributed by atoms with Crippen LogP contribution in [-0.2, 0) is 19.2 Å². The Balaban J connectivity index is 1.30. The highest BCUT2D eigenvalue weighted by molar-refractivity contribution is 8.03. The fraction of sp³-hybridized carbons (Fsp3) is 0.217. The Bertz CT molecular complexity index is 1220. The molecule has 0 unspecified atom stereocenters. The largest absolute Gasteiger partial charge is 0.455 e. The van der Waals surface area contributed by atoms with E-state index < -0.39 is 25.0 Å². The van der Waals surface area contributed by atoms with Gasteiger partial charge in [-0.15, -0.1) is 0 Å². The first-order valence-corrected chi connectivity index (χ1v) is 10.7. The van der Waals surface area contributed by atoms with Gasteiger partial charge in [0, 0.05) is 17.5 Å². The molecule has 0 aliphatic carbocycles. The van der Waals surface area contributed by atoms with Gasteiger partial charge in [-0.25, -0.2) is 4.79 Å². The summed E-state index contributed by atoms with van der Waals surface area (Å²) in [5, 5.41) is 13.9. The van der Waals surface area contributed by atoms with Gasteiger partial charge < -0.3 is 23.9 Å². The molecule has 0 fully saturated rings. The molecule has 2 aliphatic heterocycles. The highest BCUT2D eigenvalue weighted by Crippen LogP contribution is 2.46. The topological polar surface area (TPSA) is 110 Å². The van der Waals surface area contributed by atoms with Crippen molar-refractivity contribution in [1.29, 1.82) is 5.26 Å². The summed E-state index contributed by atoms with van der Waals surface area (Å²) < 4.78 is 15.6. The summed E-state index contributed by atoms with van der Waals surface area (Å²) in [6.45, 7) is 0.839. The number of thioether (sulfide) groups is 1. The van der Waals surface area contributed by atoms with E-state index in [-0.39, 0.29) is 12.4 Å². The number of para-hydroxylation sites is 1. The zero-order chi connectivity index (χ0) is 23.4. The predicted octanol–water partition coefficient (Wildman–Crippen LogP) is 3.25. The lowest BCUT2D eigenvalue weighted by molar-refractivity contribution is -0.151. The van der Waals surface area contributed by atoms with E-state index >= 15 is 0 Å². The fourth-order valence-corrected chi connectivity index (χ4v) is 4.33. The van der Waals surface area contributed by atoms with E-state index in [0.717, 1.165) is 16.1 Å². The van der Waals surface area contributed by atoms with Gasteiger partial charge in [-0.2, -0.15) is 5.26 Å². The van der Waals surface area contributed by atoms with Gasteiger partial charge in [-0.3, -0.25) is 4.79 Å². The molecule has 2 aromatic rings. The lowest BCUT2D eigenvalue weighted by atomic mass is 10.1. The molecular weight excluding hydrogens is 446 g/mol. The van der Waals surface area contributed by atoms with Crippen molar-refractivity contribution >= 4 is 34.9 Å². The number of benzene rings is 2. The van der Waals surface area contributed by atoms with Crippen molar-refractivity contribution in [2.24, 2.45) is 5.16 Å². The zero-order valence-corrected chi connectivity index (χ0v) is 18.7. The third-order valence-electron chi connectivity index (χ3n) is 4.88. The molecule has 0 atom stereocenters. The number of ketones is 1. The number of carbonyl (C=O) groups excluding carboxylic acids is 2. The first kappa shape index (κ1) is 22.2. The molecular formula is C23H19N3O6S. The SMILES string of the molecule is CC(=NOCC(=O)OCC(=O)C(C#N)=C1Sc2ccccc2N1C)c1ccc2c(c1)OCO2. The van der Waals surface area contributed by atoms with Crippen LogP contribution in [-0.4, -0.2) is 44.5 Å². The number of ether oxygens (including phenoxy) is 3. The molecule has 168 valence electrons. The number of hydrogen-bond donors (Lipinski definition) is 0. The summed E-state index contributed by atoms with van der Waals surface area (Å²) in [6.07, 6.45) is 0. The maximum atomic E-state index is 12.5. The molecule has 0 bridgehead atoms. The number of rotatable bonds is 7. The first-order chi connectivity index (χ1) is 16.0. The van der Waals surface area contributed by atoms with Gasteiger partial charge in [-0.05, 0) is 37.3 Å². The van der Waals surface area contributed by atoms with E-state index in [1.54, 1.807) is 37.1 Å². The minimum Gasteiger partial charge on any atom is -0.455 e. The van der Waals surface area contributed by atoms with Gasteiger partial charge in [0.2, 0.25) is 19.2 Å². The van der Waals surface area contributed by atoms with Gasteiger partial charge in [-0.1, -0.05) is 29.1 Å². The molecule has 0 aromatic heterocycles. The molecule has 9 nitrogen and oxygen atoms in total. The number of carbonyl (C=O) groups is 2. The lowest BCUT2D eigenvalue weighted by Gasteiger charge is -2.14. The van der Waals surface area contributed by atoms with Gasteiger partial charge >= 0.3 is 5.97 Å². The van der Waals surface area contributed by atoms with Gasteiger partial charge in [0.25, 0.3) is 0 Å². The van der Waals surface area contributed by atoms with Crippen molar-refractivity contribution in [3.8, 4) is 17.6 Å². The van der Waals surface area contributed by atoms with Gasteiger partial charge in [0.1, 0.15) is 16.7 Å². The van der Waals surface area contributed by atoms with Gasteiger partial charge in [0.15, 0.2) is 18.1 Å². The normalized spacial score (nSPS) is 15.5. The van der Waals surface area contributed by atoms with Crippen LogP contribution in [0.5, 0.6) is 11.5 Å². The van der Waals surface area contributed by atoms with Crippen molar-refractivity contribution in [2.75, 3.05) is 32.0 Å². The minimum atomic E-state index is -0.774. The number of Topliss-reactive ketones (excluding diaryl/α,β-unsaturated/α-hetero) is 1. The fourth-order valence-electron chi connectivity index (χ4n) is 3.17. The minimum absolute atomic E-state index is 0.0657. The second-order valence-electron chi connectivity index (χ2n) is 7.02. The predicted molar refractivity (Wildman–Crippen MR) is 120 cm³/mol. The number of nitriles is 1. The Hall–Kier alpha value is -3.97. The number of hydrogen-bond acceptors (Lipinski definition) is 10. The van der Waals surface area contributed by atoms with E-state index in [0.29, 0.717) is 22.2 Å². The number of anilines is 1. The molecule has 10 heteroatoms. The lowest BCUT2D eigenvalue weighted by Crippen LogP contribution is -2.21. The van der Waals surface area contributed by atoms with Crippen LogP contribution in [0.25, 0.3) is 0 Å². The third kappa shape index (κ3) is 4.78. The molecule has 33 heavy (non-hydrogen) atoms. The average molecular weight is 465 g/mol. The van der Waals surface area contributed by atoms with Crippen LogP contribution in [0.3, 0.4) is 0 Å².